The van der Waals surface area contributed by atoms with Crippen molar-refractivity contribution in [2.45, 2.75) is 19.1 Å². The summed E-state index contributed by atoms with van der Waals surface area (Å²) >= 11 is 5.35. The third-order valence-corrected chi connectivity index (χ3v) is 5.25. The molecule has 1 aliphatic heterocycles. The number of fused-ring (bicyclic) bond motifs is 1. The molecule has 0 fully saturated rings. The number of hydrogen-bond acceptors (Lipinski definition) is 3. The number of halogens is 1. The highest BCUT2D eigenvalue weighted by Gasteiger charge is 2.23. The summed E-state index contributed by atoms with van der Waals surface area (Å²) < 4.78 is 1.18. The van der Waals surface area contributed by atoms with Crippen molar-refractivity contribution in [1.82, 2.24) is 0 Å². The smallest absolute Gasteiger partial charge is 0.0826 e. The fourth-order valence-corrected chi connectivity index (χ4v) is 3.88. The SMILES string of the molecule is OC1CCN(Cc2sccc2Br)c2ccccc21. The van der Waals surface area contributed by atoms with Gasteiger partial charge < -0.3 is 10.0 Å². The topological polar surface area (TPSA) is 23.5 Å². The second kappa shape index (κ2) is 5.03. The summed E-state index contributed by atoms with van der Waals surface area (Å²) in [4.78, 5) is 3.68. The van der Waals surface area contributed by atoms with Gasteiger partial charge in [0.05, 0.1) is 12.6 Å². The molecule has 1 aliphatic rings. The Balaban J connectivity index is 1.91. The Bertz CT molecular complexity index is 554. The molecule has 1 unspecified atom stereocenters. The number of thiophene rings is 1. The Morgan fingerprint density at radius 2 is 2.17 bits per heavy atom. The van der Waals surface area contributed by atoms with Crippen LogP contribution >= 0.6 is 27.3 Å². The molecule has 0 spiro atoms. The van der Waals surface area contributed by atoms with Crippen LogP contribution in [0.3, 0.4) is 0 Å². The zero-order chi connectivity index (χ0) is 12.5. The van der Waals surface area contributed by atoms with Crippen LogP contribution in [0.15, 0.2) is 40.2 Å². The van der Waals surface area contributed by atoms with Crippen LogP contribution in [-0.4, -0.2) is 11.7 Å². The van der Waals surface area contributed by atoms with Crippen LogP contribution in [-0.2, 0) is 6.54 Å². The van der Waals surface area contributed by atoms with Crippen LogP contribution in [0.2, 0.25) is 0 Å². The third kappa shape index (κ3) is 2.20. The predicted octanol–water partition coefficient (Wildman–Crippen LogP) is 3.95. The van der Waals surface area contributed by atoms with Crippen LogP contribution in [0.4, 0.5) is 5.69 Å². The van der Waals surface area contributed by atoms with Gasteiger partial charge in [0.2, 0.25) is 0 Å². The lowest BCUT2D eigenvalue weighted by Crippen LogP contribution is -2.30. The first kappa shape index (κ1) is 12.2. The molecule has 2 nitrogen and oxygen atoms in total. The number of hydrogen-bond donors (Lipinski definition) is 1. The highest BCUT2D eigenvalue weighted by Crippen LogP contribution is 2.35. The lowest BCUT2D eigenvalue weighted by Gasteiger charge is -2.33. The first-order valence-corrected chi connectivity index (χ1v) is 7.67. The zero-order valence-corrected chi connectivity index (χ0v) is 12.2. The van der Waals surface area contributed by atoms with Gasteiger partial charge in [-0.05, 0) is 39.9 Å². The van der Waals surface area contributed by atoms with Crippen molar-refractivity contribution < 1.29 is 5.11 Å². The van der Waals surface area contributed by atoms with Crippen molar-refractivity contribution in [2.24, 2.45) is 0 Å². The van der Waals surface area contributed by atoms with Gasteiger partial charge in [-0.15, -0.1) is 11.3 Å². The maximum atomic E-state index is 10.0. The van der Waals surface area contributed by atoms with E-state index in [1.807, 2.05) is 18.2 Å². The van der Waals surface area contributed by atoms with Gasteiger partial charge in [0.15, 0.2) is 0 Å². The van der Waals surface area contributed by atoms with Gasteiger partial charge in [0, 0.05) is 27.1 Å². The Morgan fingerprint density at radius 3 is 2.94 bits per heavy atom. The highest BCUT2D eigenvalue weighted by molar-refractivity contribution is 9.10. The molecule has 0 saturated heterocycles. The molecule has 0 radical (unpaired) electrons. The predicted molar refractivity (Wildman–Crippen MR) is 79.1 cm³/mol. The molecule has 0 aliphatic carbocycles. The molecular formula is C14H14BrNOS. The van der Waals surface area contributed by atoms with E-state index in [1.54, 1.807) is 11.3 Å². The van der Waals surface area contributed by atoms with Crippen LogP contribution in [0, 0.1) is 0 Å². The summed E-state index contributed by atoms with van der Waals surface area (Å²) in [5, 5.41) is 12.1. The molecule has 1 N–H and O–H groups in total. The largest absolute Gasteiger partial charge is 0.388 e. The molecule has 0 amide bonds. The summed E-state index contributed by atoms with van der Waals surface area (Å²) in [5.74, 6) is 0. The van der Waals surface area contributed by atoms with E-state index in [2.05, 4.69) is 38.3 Å². The number of benzene rings is 1. The zero-order valence-electron chi connectivity index (χ0n) is 9.84. The fraction of sp³-hybridized carbons (Fsp3) is 0.286. The molecule has 1 aromatic carbocycles. The normalized spacial score (nSPS) is 18.8. The van der Waals surface area contributed by atoms with Gasteiger partial charge in [-0.3, -0.25) is 0 Å². The van der Waals surface area contributed by atoms with E-state index in [0.29, 0.717) is 0 Å². The van der Waals surface area contributed by atoms with Gasteiger partial charge in [-0.25, -0.2) is 0 Å². The molecule has 3 rings (SSSR count). The van der Waals surface area contributed by atoms with E-state index in [-0.39, 0.29) is 6.10 Å². The first-order chi connectivity index (χ1) is 8.75. The van der Waals surface area contributed by atoms with Crippen LogP contribution in [0.1, 0.15) is 23.0 Å². The molecule has 2 aromatic rings. The van der Waals surface area contributed by atoms with Crippen molar-refractivity contribution in [3.05, 3.63) is 50.6 Å². The number of rotatable bonds is 2. The molecule has 94 valence electrons. The minimum Gasteiger partial charge on any atom is -0.388 e. The Morgan fingerprint density at radius 1 is 1.33 bits per heavy atom. The standard InChI is InChI=1S/C14H14BrNOS/c15-11-6-8-18-14(11)9-16-7-5-13(17)10-3-1-2-4-12(10)16/h1-4,6,8,13,17H,5,7,9H2. The Kier molecular flexibility index (Phi) is 3.41. The molecule has 4 heteroatoms. The average Bonchev–Trinajstić information content (AvgIpc) is 2.79. The molecule has 1 aromatic heterocycles. The van der Waals surface area contributed by atoms with Gasteiger partial charge in [0.1, 0.15) is 0 Å². The van der Waals surface area contributed by atoms with Crippen molar-refractivity contribution in [1.29, 1.82) is 0 Å². The number of nitrogens with zero attached hydrogens (tertiary/aromatic N) is 1. The Labute approximate surface area is 119 Å². The van der Waals surface area contributed by atoms with Crippen LogP contribution < -0.4 is 4.90 Å². The maximum Gasteiger partial charge on any atom is 0.0826 e. The molecule has 2 heterocycles. The van der Waals surface area contributed by atoms with E-state index in [9.17, 15) is 5.11 Å². The minimum atomic E-state index is -0.316. The quantitative estimate of drug-likeness (QED) is 0.904. The highest BCUT2D eigenvalue weighted by atomic mass is 79.9. The van der Waals surface area contributed by atoms with Gasteiger partial charge >= 0.3 is 0 Å². The van der Waals surface area contributed by atoms with Gasteiger partial charge in [-0.2, -0.15) is 0 Å². The second-order valence-electron chi connectivity index (χ2n) is 4.48. The van der Waals surface area contributed by atoms with Crippen molar-refractivity contribution in [3.63, 3.8) is 0 Å². The van der Waals surface area contributed by atoms with Crippen molar-refractivity contribution >= 4 is 33.0 Å². The van der Waals surface area contributed by atoms with Crippen molar-refractivity contribution in [3.8, 4) is 0 Å². The fourth-order valence-electron chi connectivity index (χ4n) is 2.39. The van der Waals surface area contributed by atoms with Gasteiger partial charge in [0.25, 0.3) is 0 Å². The van der Waals surface area contributed by atoms with E-state index in [1.165, 1.54) is 9.35 Å². The molecule has 0 saturated carbocycles. The molecule has 18 heavy (non-hydrogen) atoms. The maximum absolute atomic E-state index is 10.0. The van der Waals surface area contributed by atoms with E-state index in [0.717, 1.165) is 30.8 Å². The van der Waals surface area contributed by atoms with Crippen molar-refractivity contribution in [2.75, 3.05) is 11.4 Å². The number of anilines is 1. The average molecular weight is 324 g/mol. The van der Waals surface area contributed by atoms with E-state index < -0.39 is 0 Å². The lowest BCUT2D eigenvalue weighted by molar-refractivity contribution is 0.164. The third-order valence-electron chi connectivity index (χ3n) is 3.33. The number of aliphatic hydroxyl groups is 1. The monoisotopic (exact) mass is 323 g/mol. The second-order valence-corrected chi connectivity index (χ2v) is 6.33. The summed E-state index contributed by atoms with van der Waals surface area (Å²) in [7, 11) is 0. The molecule has 1 atom stereocenters. The van der Waals surface area contributed by atoms with Gasteiger partial charge in [-0.1, -0.05) is 18.2 Å². The van der Waals surface area contributed by atoms with Crippen LogP contribution in [0.5, 0.6) is 0 Å². The van der Waals surface area contributed by atoms with E-state index in [4.69, 9.17) is 0 Å². The number of aliphatic hydroxyl groups excluding tert-OH is 1. The number of para-hydroxylation sites is 1. The lowest BCUT2D eigenvalue weighted by atomic mass is 9.99. The summed E-state index contributed by atoms with van der Waals surface area (Å²) in [5.41, 5.74) is 2.22. The minimum absolute atomic E-state index is 0.316. The first-order valence-electron chi connectivity index (χ1n) is 5.99. The van der Waals surface area contributed by atoms with Crippen LogP contribution in [0.25, 0.3) is 0 Å². The molecular weight excluding hydrogens is 310 g/mol. The summed E-state index contributed by atoms with van der Waals surface area (Å²) in [6, 6.07) is 10.2. The Hall–Kier alpha value is -0.840. The summed E-state index contributed by atoms with van der Waals surface area (Å²) in [6.45, 7) is 1.81. The summed E-state index contributed by atoms with van der Waals surface area (Å²) in [6.07, 6.45) is 0.490. The molecule has 0 bridgehead atoms. The van der Waals surface area contributed by atoms with E-state index >= 15 is 0 Å².